The van der Waals surface area contributed by atoms with E-state index < -0.39 is 0 Å². The minimum Gasteiger partial charge on any atom is -0.320 e. The van der Waals surface area contributed by atoms with Crippen molar-refractivity contribution in [1.29, 1.82) is 0 Å². The molecule has 1 aromatic carbocycles. The molecule has 2 heterocycles. The van der Waals surface area contributed by atoms with E-state index in [1.54, 1.807) is 11.3 Å². The summed E-state index contributed by atoms with van der Waals surface area (Å²) in [5, 5.41) is 1.90. The standard InChI is InChI=1S/C16H16ClN3S/c1-3-15-19-11(2)16(21-15)14-7-8-18-10-20(14)13-6-4-5-12(17)9-13/h4-10,14H,3H2,1-2H3. The number of hydrogen-bond acceptors (Lipinski definition) is 4. The van der Waals surface area contributed by atoms with Crippen LogP contribution in [0.1, 0.15) is 28.5 Å². The molecule has 5 heteroatoms. The smallest absolute Gasteiger partial charge is 0.0957 e. The van der Waals surface area contributed by atoms with Crippen LogP contribution in [0.5, 0.6) is 0 Å². The molecule has 0 N–H and O–H groups in total. The molecule has 0 radical (unpaired) electrons. The number of hydrogen-bond donors (Lipinski definition) is 0. The lowest BCUT2D eigenvalue weighted by Gasteiger charge is -2.29. The number of rotatable bonds is 3. The Kier molecular flexibility index (Phi) is 4.08. The largest absolute Gasteiger partial charge is 0.320 e. The fourth-order valence-corrected chi connectivity index (χ4v) is 3.65. The summed E-state index contributed by atoms with van der Waals surface area (Å²) >= 11 is 7.89. The van der Waals surface area contributed by atoms with Gasteiger partial charge in [0.1, 0.15) is 0 Å². The lowest BCUT2D eigenvalue weighted by Crippen LogP contribution is -2.27. The first-order chi connectivity index (χ1) is 10.2. The molecule has 2 aromatic rings. The van der Waals surface area contributed by atoms with Crippen LogP contribution >= 0.6 is 22.9 Å². The summed E-state index contributed by atoms with van der Waals surface area (Å²) in [7, 11) is 0. The first kappa shape index (κ1) is 14.3. The van der Waals surface area contributed by atoms with E-state index >= 15 is 0 Å². The maximum absolute atomic E-state index is 6.12. The Balaban J connectivity index is 2.01. The summed E-state index contributed by atoms with van der Waals surface area (Å²) in [6.45, 7) is 4.20. The van der Waals surface area contributed by atoms with Crippen molar-refractivity contribution in [1.82, 2.24) is 4.98 Å². The van der Waals surface area contributed by atoms with E-state index in [1.165, 1.54) is 9.88 Å². The lowest BCUT2D eigenvalue weighted by atomic mass is 10.1. The van der Waals surface area contributed by atoms with E-state index in [0.717, 1.165) is 22.8 Å². The maximum atomic E-state index is 6.12. The van der Waals surface area contributed by atoms with E-state index in [0.29, 0.717) is 0 Å². The van der Waals surface area contributed by atoms with E-state index in [1.807, 2.05) is 36.8 Å². The van der Waals surface area contributed by atoms with Crippen LogP contribution in [0, 0.1) is 6.92 Å². The molecule has 3 nitrogen and oxygen atoms in total. The lowest BCUT2D eigenvalue weighted by molar-refractivity contribution is 0.872. The number of nitrogens with zero attached hydrogens (tertiary/aromatic N) is 3. The quantitative estimate of drug-likeness (QED) is 0.815. The van der Waals surface area contributed by atoms with Gasteiger partial charge in [-0.05, 0) is 37.6 Å². The topological polar surface area (TPSA) is 28.5 Å². The van der Waals surface area contributed by atoms with E-state index in [9.17, 15) is 0 Å². The molecule has 0 saturated heterocycles. The third kappa shape index (κ3) is 2.87. The Morgan fingerprint density at radius 1 is 1.38 bits per heavy atom. The predicted molar refractivity (Wildman–Crippen MR) is 90.5 cm³/mol. The second-order valence-electron chi connectivity index (χ2n) is 4.85. The van der Waals surface area contributed by atoms with Crippen molar-refractivity contribution in [3.8, 4) is 0 Å². The number of thiazole rings is 1. The molecule has 0 bridgehead atoms. The van der Waals surface area contributed by atoms with Crippen LogP contribution in [-0.2, 0) is 6.42 Å². The van der Waals surface area contributed by atoms with Gasteiger partial charge in [-0.2, -0.15) is 0 Å². The third-order valence-corrected chi connectivity index (χ3v) is 5.01. The van der Waals surface area contributed by atoms with Crippen LogP contribution < -0.4 is 4.90 Å². The van der Waals surface area contributed by atoms with Crippen molar-refractivity contribution in [2.75, 3.05) is 4.90 Å². The Hall–Kier alpha value is -1.65. The molecular formula is C16H16ClN3S. The molecule has 0 fully saturated rings. The molecule has 21 heavy (non-hydrogen) atoms. The maximum Gasteiger partial charge on any atom is 0.0957 e. The molecule has 1 aromatic heterocycles. The first-order valence-electron chi connectivity index (χ1n) is 6.89. The van der Waals surface area contributed by atoms with Gasteiger partial charge < -0.3 is 4.90 Å². The van der Waals surface area contributed by atoms with Gasteiger partial charge in [0.05, 0.1) is 28.0 Å². The van der Waals surface area contributed by atoms with Gasteiger partial charge in [-0.15, -0.1) is 11.3 Å². The van der Waals surface area contributed by atoms with Gasteiger partial charge in [0, 0.05) is 16.9 Å². The highest BCUT2D eigenvalue weighted by Crippen LogP contribution is 2.35. The van der Waals surface area contributed by atoms with Gasteiger partial charge in [0.15, 0.2) is 0 Å². The molecule has 0 aliphatic carbocycles. The Bertz CT molecular complexity index is 705. The zero-order valence-corrected chi connectivity index (χ0v) is 13.5. The molecule has 3 rings (SSSR count). The van der Waals surface area contributed by atoms with Crippen molar-refractivity contribution in [2.45, 2.75) is 26.3 Å². The Morgan fingerprint density at radius 2 is 2.24 bits per heavy atom. The van der Waals surface area contributed by atoms with Gasteiger partial charge in [-0.25, -0.2) is 9.98 Å². The molecule has 1 aliphatic rings. The average Bonchev–Trinajstić information content (AvgIpc) is 2.88. The van der Waals surface area contributed by atoms with Crippen molar-refractivity contribution in [2.24, 2.45) is 4.99 Å². The van der Waals surface area contributed by atoms with Crippen LogP contribution in [0.3, 0.4) is 0 Å². The molecule has 0 spiro atoms. The minimum absolute atomic E-state index is 0.124. The number of aryl methyl sites for hydroxylation is 2. The summed E-state index contributed by atoms with van der Waals surface area (Å²) in [6.07, 6.45) is 6.76. The highest BCUT2D eigenvalue weighted by atomic mass is 35.5. The zero-order chi connectivity index (χ0) is 14.8. The van der Waals surface area contributed by atoms with Crippen LogP contribution in [0.15, 0.2) is 41.5 Å². The minimum atomic E-state index is 0.124. The Labute approximate surface area is 133 Å². The summed E-state index contributed by atoms with van der Waals surface area (Å²) in [5.41, 5.74) is 2.13. The highest BCUT2D eigenvalue weighted by Gasteiger charge is 2.23. The molecule has 1 aliphatic heterocycles. The van der Waals surface area contributed by atoms with E-state index in [-0.39, 0.29) is 6.04 Å². The van der Waals surface area contributed by atoms with Crippen molar-refractivity contribution in [3.63, 3.8) is 0 Å². The molecular weight excluding hydrogens is 302 g/mol. The second kappa shape index (κ2) is 6.00. The van der Waals surface area contributed by atoms with Crippen molar-refractivity contribution < 1.29 is 0 Å². The van der Waals surface area contributed by atoms with E-state index in [4.69, 9.17) is 11.6 Å². The van der Waals surface area contributed by atoms with Crippen LogP contribution in [0.2, 0.25) is 5.02 Å². The number of halogens is 1. The summed E-state index contributed by atoms with van der Waals surface area (Å²) < 4.78 is 0. The first-order valence-corrected chi connectivity index (χ1v) is 8.08. The fraction of sp³-hybridized carbons (Fsp3) is 0.250. The summed E-state index contributed by atoms with van der Waals surface area (Å²) in [4.78, 5) is 12.3. The van der Waals surface area contributed by atoms with Crippen LogP contribution in [0.4, 0.5) is 5.69 Å². The zero-order valence-electron chi connectivity index (χ0n) is 12.0. The fourth-order valence-electron chi connectivity index (χ4n) is 2.38. The third-order valence-electron chi connectivity index (χ3n) is 3.40. The summed E-state index contributed by atoms with van der Waals surface area (Å²) in [6, 6.07) is 7.96. The molecule has 1 unspecified atom stereocenters. The highest BCUT2D eigenvalue weighted by molar-refractivity contribution is 7.11. The van der Waals surface area contributed by atoms with Crippen LogP contribution in [0.25, 0.3) is 0 Å². The van der Waals surface area contributed by atoms with Gasteiger partial charge in [-0.1, -0.05) is 24.6 Å². The predicted octanol–water partition coefficient (Wildman–Crippen LogP) is 4.77. The summed E-state index contributed by atoms with van der Waals surface area (Å²) in [5.74, 6) is 0. The van der Waals surface area contributed by atoms with Crippen molar-refractivity contribution >= 4 is 35.0 Å². The van der Waals surface area contributed by atoms with Gasteiger partial charge in [0.25, 0.3) is 0 Å². The number of anilines is 1. The molecule has 108 valence electrons. The van der Waals surface area contributed by atoms with Gasteiger partial charge in [-0.3, -0.25) is 0 Å². The number of aliphatic imine (C=N–C) groups is 1. The van der Waals surface area contributed by atoms with E-state index in [2.05, 4.69) is 34.8 Å². The number of aromatic nitrogens is 1. The molecule has 1 atom stereocenters. The molecule has 0 saturated carbocycles. The van der Waals surface area contributed by atoms with Crippen molar-refractivity contribution in [3.05, 3.63) is 57.1 Å². The Morgan fingerprint density at radius 3 is 2.95 bits per heavy atom. The van der Waals surface area contributed by atoms with Gasteiger partial charge >= 0.3 is 0 Å². The monoisotopic (exact) mass is 317 g/mol. The second-order valence-corrected chi connectivity index (χ2v) is 6.40. The number of benzene rings is 1. The average molecular weight is 318 g/mol. The van der Waals surface area contributed by atoms with Gasteiger partial charge in [0.2, 0.25) is 0 Å². The molecule has 0 amide bonds. The SMILES string of the molecule is CCc1nc(C)c(C2C=CN=CN2c2cccc(Cl)c2)s1. The van der Waals surface area contributed by atoms with Crippen LogP contribution in [-0.4, -0.2) is 11.3 Å². The normalized spacial score (nSPS) is 17.5.